The van der Waals surface area contributed by atoms with E-state index in [1.165, 1.54) is 0 Å². The summed E-state index contributed by atoms with van der Waals surface area (Å²) in [5.41, 5.74) is 2.02. The molecule has 4 heteroatoms. The Hall–Kier alpha value is -3.24. The lowest BCUT2D eigenvalue weighted by molar-refractivity contribution is -0.124. The Balaban J connectivity index is 1.76. The van der Waals surface area contributed by atoms with Gasteiger partial charge in [-0.25, -0.2) is 0 Å². The minimum absolute atomic E-state index is 0.125. The molecule has 25 heavy (non-hydrogen) atoms. The second-order valence-corrected chi connectivity index (χ2v) is 5.58. The van der Waals surface area contributed by atoms with Gasteiger partial charge in [0.05, 0.1) is 0 Å². The second-order valence-electron chi connectivity index (χ2n) is 5.58. The Morgan fingerprint density at radius 2 is 1.36 bits per heavy atom. The standard InChI is InChI=1S/C21H17NO3/c23-19(15-8-3-1-4-9-15)17-12-7-13-18(14-17)22-21(25)20(24)16-10-5-2-6-11-16/h1-14,20,24H,(H,22,25). The normalized spacial score (nSPS) is 11.6. The number of carbonyl (C=O) groups is 2. The fourth-order valence-electron chi connectivity index (χ4n) is 2.49. The Morgan fingerprint density at radius 3 is 2.04 bits per heavy atom. The van der Waals surface area contributed by atoms with E-state index in [4.69, 9.17) is 0 Å². The molecule has 0 spiro atoms. The average Bonchev–Trinajstić information content (AvgIpc) is 2.68. The molecule has 0 saturated carbocycles. The van der Waals surface area contributed by atoms with Crippen molar-refractivity contribution in [2.24, 2.45) is 0 Å². The van der Waals surface area contributed by atoms with Crippen molar-refractivity contribution in [3.63, 3.8) is 0 Å². The van der Waals surface area contributed by atoms with Gasteiger partial charge in [-0.05, 0) is 17.7 Å². The van der Waals surface area contributed by atoms with Crippen LogP contribution in [0.1, 0.15) is 27.6 Å². The van der Waals surface area contributed by atoms with Gasteiger partial charge in [0, 0.05) is 16.8 Å². The molecule has 1 unspecified atom stereocenters. The maximum Gasteiger partial charge on any atom is 0.257 e. The van der Waals surface area contributed by atoms with Crippen LogP contribution >= 0.6 is 0 Å². The zero-order valence-corrected chi connectivity index (χ0v) is 13.4. The number of amides is 1. The molecule has 0 aliphatic carbocycles. The molecular weight excluding hydrogens is 314 g/mol. The van der Waals surface area contributed by atoms with Crippen LogP contribution in [-0.4, -0.2) is 16.8 Å². The highest BCUT2D eigenvalue weighted by Crippen LogP contribution is 2.18. The fourth-order valence-corrected chi connectivity index (χ4v) is 2.49. The summed E-state index contributed by atoms with van der Waals surface area (Å²) in [6.07, 6.45) is -1.27. The first-order valence-electron chi connectivity index (χ1n) is 7.89. The number of ketones is 1. The Bertz CT molecular complexity index is 876. The quantitative estimate of drug-likeness (QED) is 0.702. The minimum Gasteiger partial charge on any atom is -0.378 e. The molecule has 0 aliphatic rings. The van der Waals surface area contributed by atoms with Crippen LogP contribution in [0.15, 0.2) is 84.9 Å². The molecule has 124 valence electrons. The minimum atomic E-state index is -1.27. The van der Waals surface area contributed by atoms with E-state index in [1.54, 1.807) is 72.8 Å². The fraction of sp³-hybridized carbons (Fsp3) is 0.0476. The van der Waals surface area contributed by atoms with Gasteiger partial charge in [0.25, 0.3) is 5.91 Å². The largest absolute Gasteiger partial charge is 0.378 e. The van der Waals surface area contributed by atoms with Gasteiger partial charge in [-0.3, -0.25) is 9.59 Å². The third-order valence-corrected chi connectivity index (χ3v) is 3.79. The van der Waals surface area contributed by atoms with Crippen LogP contribution in [0, 0.1) is 0 Å². The van der Waals surface area contributed by atoms with Crippen molar-refractivity contribution in [3.8, 4) is 0 Å². The van der Waals surface area contributed by atoms with Crippen LogP contribution in [0.5, 0.6) is 0 Å². The molecule has 0 heterocycles. The van der Waals surface area contributed by atoms with Gasteiger partial charge in [-0.2, -0.15) is 0 Å². The smallest absolute Gasteiger partial charge is 0.257 e. The summed E-state index contributed by atoms with van der Waals surface area (Å²) in [5, 5.41) is 12.8. The van der Waals surface area contributed by atoms with Crippen molar-refractivity contribution in [2.75, 3.05) is 5.32 Å². The summed E-state index contributed by atoms with van der Waals surface area (Å²) in [6, 6.07) is 24.3. The number of carbonyl (C=O) groups excluding carboxylic acids is 2. The molecule has 4 nitrogen and oxygen atoms in total. The van der Waals surface area contributed by atoms with Crippen molar-refractivity contribution in [3.05, 3.63) is 102 Å². The highest BCUT2D eigenvalue weighted by Gasteiger charge is 2.17. The van der Waals surface area contributed by atoms with Gasteiger partial charge in [-0.1, -0.05) is 72.8 Å². The highest BCUT2D eigenvalue weighted by atomic mass is 16.3. The van der Waals surface area contributed by atoms with E-state index in [1.807, 2.05) is 12.1 Å². The van der Waals surface area contributed by atoms with E-state index in [0.29, 0.717) is 22.4 Å². The number of anilines is 1. The number of hydrogen-bond acceptors (Lipinski definition) is 3. The molecular formula is C21H17NO3. The number of rotatable bonds is 5. The van der Waals surface area contributed by atoms with Gasteiger partial charge >= 0.3 is 0 Å². The summed E-state index contributed by atoms with van der Waals surface area (Å²) in [7, 11) is 0. The summed E-state index contributed by atoms with van der Waals surface area (Å²) < 4.78 is 0. The van der Waals surface area contributed by atoms with Crippen molar-refractivity contribution in [1.82, 2.24) is 0 Å². The zero-order chi connectivity index (χ0) is 17.6. The molecule has 3 rings (SSSR count). The second kappa shape index (κ2) is 7.55. The number of benzene rings is 3. The van der Waals surface area contributed by atoms with Crippen LogP contribution in [0.2, 0.25) is 0 Å². The van der Waals surface area contributed by atoms with E-state index in [-0.39, 0.29) is 5.78 Å². The first-order valence-corrected chi connectivity index (χ1v) is 7.89. The molecule has 1 atom stereocenters. The number of aliphatic hydroxyl groups excluding tert-OH is 1. The lowest BCUT2D eigenvalue weighted by Gasteiger charge is -2.12. The maximum atomic E-state index is 12.5. The predicted molar refractivity (Wildman–Crippen MR) is 96.3 cm³/mol. The van der Waals surface area contributed by atoms with Crippen molar-refractivity contribution >= 4 is 17.4 Å². The predicted octanol–water partition coefficient (Wildman–Crippen LogP) is 3.59. The summed E-state index contributed by atoms with van der Waals surface area (Å²) in [4.78, 5) is 24.7. The van der Waals surface area contributed by atoms with Crippen LogP contribution in [0.25, 0.3) is 0 Å². The van der Waals surface area contributed by atoms with E-state index < -0.39 is 12.0 Å². The van der Waals surface area contributed by atoms with Crippen molar-refractivity contribution < 1.29 is 14.7 Å². The molecule has 0 saturated heterocycles. The van der Waals surface area contributed by atoms with E-state index in [0.717, 1.165) is 0 Å². The third kappa shape index (κ3) is 4.00. The molecule has 0 radical (unpaired) electrons. The highest BCUT2D eigenvalue weighted by molar-refractivity contribution is 6.09. The van der Waals surface area contributed by atoms with Crippen LogP contribution in [-0.2, 0) is 4.79 Å². The van der Waals surface area contributed by atoms with Gasteiger partial charge < -0.3 is 10.4 Å². The van der Waals surface area contributed by atoms with Crippen LogP contribution in [0.3, 0.4) is 0 Å². The molecule has 3 aromatic carbocycles. The van der Waals surface area contributed by atoms with Gasteiger partial charge in [-0.15, -0.1) is 0 Å². The lowest BCUT2D eigenvalue weighted by Crippen LogP contribution is -2.20. The Kier molecular flexibility index (Phi) is 5.02. The summed E-state index contributed by atoms with van der Waals surface area (Å²) in [6.45, 7) is 0. The molecule has 2 N–H and O–H groups in total. The third-order valence-electron chi connectivity index (χ3n) is 3.79. The molecule has 0 aliphatic heterocycles. The van der Waals surface area contributed by atoms with Gasteiger partial charge in [0.2, 0.25) is 0 Å². The number of aliphatic hydroxyl groups is 1. The molecule has 0 fully saturated rings. The Labute approximate surface area is 145 Å². The lowest BCUT2D eigenvalue weighted by atomic mass is 10.0. The van der Waals surface area contributed by atoms with Crippen molar-refractivity contribution in [2.45, 2.75) is 6.10 Å². The molecule has 1 amide bonds. The SMILES string of the molecule is O=C(c1ccccc1)c1cccc(NC(=O)C(O)c2ccccc2)c1. The topological polar surface area (TPSA) is 66.4 Å². The Morgan fingerprint density at radius 1 is 0.760 bits per heavy atom. The monoisotopic (exact) mass is 331 g/mol. The van der Waals surface area contributed by atoms with Crippen LogP contribution in [0.4, 0.5) is 5.69 Å². The van der Waals surface area contributed by atoms with Gasteiger partial charge in [0.15, 0.2) is 11.9 Å². The zero-order valence-electron chi connectivity index (χ0n) is 13.4. The van der Waals surface area contributed by atoms with E-state index >= 15 is 0 Å². The number of hydrogen-bond donors (Lipinski definition) is 2. The summed E-state index contributed by atoms with van der Waals surface area (Å²) >= 11 is 0. The van der Waals surface area contributed by atoms with E-state index in [2.05, 4.69) is 5.32 Å². The summed E-state index contributed by atoms with van der Waals surface area (Å²) in [5.74, 6) is -0.671. The number of nitrogens with one attached hydrogen (secondary N) is 1. The average molecular weight is 331 g/mol. The maximum absolute atomic E-state index is 12.5. The van der Waals surface area contributed by atoms with Gasteiger partial charge in [0.1, 0.15) is 0 Å². The first kappa shape index (κ1) is 16.6. The van der Waals surface area contributed by atoms with Crippen molar-refractivity contribution in [1.29, 1.82) is 0 Å². The first-order chi connectivity index (χ1) is 12.1. The van der Waals surface area contributed by atoms with E-state index in [9.17, 15) is 14.7 Å². The molecule has 3 aromatic rings. The van der Waals surface area contributed by atoms with Crippen LogP contribution < -0.4 is 5.32 Å². The molecule has 0 aromatic heterocycles. The molecule has 0 bridgehead atoms.